The highest BCUT2D eigenvalue weighted by Crippen LogP contribution is 2.21. The van der Waals surface area contributed by atoms with Crippen LogP contribution < -0.4 is 5.32 Å². The predicted octanol–water partition coefficient (Wildman–Crippen LogP) is 2.62. The highest BCUT2D eigenvalue weighted by atomic mass is 19.1. The topological polar surface area (TPSA) is 67.2 Å². The first-order chi connectivity index (χ1) is 9.43. The van der Waals surface area contributed by atoms with Crippen molar-refractivity contribution in [3.63, 3.8) is 0 Å². The van der Waals surface area contributed by atoms with Gasteiger partial charge in [0.2, 0.25) is 5.95 Å². The molecule has 0 radical (unpaired) electrons. The summed E-state index contributed by atoms with van der Waals surface area (Å²) in [5.74, 6) is -0.872. The van der Waals surface area contributed by atoms with E-state index >= 15 is 0 Å². The lowest BCUT2D eigenvalue weighted by molar-refractivity contribution is -0.139. The van der Waals surface area contributed by atoms with Gasteiger partial charge in [0.05, 0.1) is 11.0 Å². The molecule has 0 saturated carbocycles. The first-order valence-electron chi connectivity index (χ1n) is 6.55. The molecule has 0 amide bonds. The summed E-state index contributed by atoms with van der Waals surface area (Å²) in [5, 5.41) is 12.2. The van der Waals surface area contributed by atoms with Crippen molar-refractivity contribution in [3.8, 4) is 0 Å². The van der Waals surface area contributed by atoms with E-state index in [4.69, 9.17) is 0 Å². The van der Waals surface area contributed by atoms with Crippen molar-refractivity contribution in [3.05, 3.63) is 24.0 Å². The number of aryl methyl sites for hydroxylation is 1. The van der Waals surface area contributed by atoms with Gasteiger partial charge in [-0.1, -0.05) is 20.3 Å². The van der Waals surface area contributed by atoms with E-state index in [9.17, 15) is 14.3 Å². The van der Waals surface area contributed by atoms with E-state index in [1.54, 1.807) is 17.7 Å². The standard InChI is InChI=1S/C14H18FN3O2/c1-4-8(2)12(13(19)20)17-14-16-10-6-5-9(15)7-11(10)18(14)3/h5-8,12H,4H2,1-3H3,(H,16,17)(H,19,20)/t8-,12-/m0/s1. The number of imidazole rings is 1. The Hall–Kier alpha value is -2.11. The number of rotatable bonds is 5. The quantitative estimate of drug-likeness (QED) is 0.883. The molecule has 6 heteroatoms. The Kier molecular flexibility index (Phi) is 3.92. The van der Waals surface area contributed by atoms with Crippen LogP contribution in [0.5, 0.6) is 0 Å². The van der Waals surface area contributed by atoms with Crippen molar-refractivity contribution >= 4 is 23.0 Å². The molecule has 0 bridgehead atoms. The molecule has 0 unspecified atom stereocenters. The average Bonchev–Trinajstić information content (AvgIpc) is 2.71. The van der Waals surface area contributed by atoms with Gasteiger partial charge in [-0.15, -0.1) is 0 Å². The molecule has 1 aromatic carbocycles. The molecule has 0 fully saturated rings. The van der Waals surface area contributed by atoms with Gasteiger partial charge < -0.3 is 15.0 Å². The van der Waals surface area contributed by atoms with Crippen LogP contribution in [-0.2, 0) is 11.8 Å². The molecule has 0 saturated heterocycles. The second-order valence-corrected chi connectivity index (χ2v) is 4.97. The number of carbonyl (C=O) groups is 1. The van der Waals surface area contributed by atoms with Crippen LogP contribution in [0, 0.1) is 11.7 Å². The minimum Gasteiger partial charge on any atom is -0.480 e. The minimum atomic E-state index is -0.919. The SMILES string of the molecule is CC[C@H](C)[C@H](Nc1nc2ccc(F)cc2n1C)C(=O)O. The molecular weight excluding hydrogens is 261 g/mol. The van der Waals surface area contributed by atoms with Crippen molar-refractivity contribution in [2.45, 2.75) is 26.3 Å². The van der Waals surface area contributed by atoms with Crippen LogP contribution in [0.15, 0.2) is 18.2 Å². The maximum atomic E-state index is 13.2. The summed E-state index contributed by atoms with van der Waals surface area (Å²) in [4.78, 5) is 15.6. The Morgan fingerprint density at radius 1 is 1.55 bits per heavy atom. The fourth-order valence-corrected chi connectivity index (χ4v) is 2.11. The minimum absolute atomic E-state index is 0.0379. The smallest absolute Gasteiger partial charge is 0.326 e. The van der Waals surface area contributed by atoms with Gasteiger partial charge in [0.15, 0.2) is 0 Å². The maximum Gasteiger partial charge on any atom is 0.326 e. The van der Waals surface area contributed by atoms with Crippen molar-refractivity contribution in [2.24, 2.45) is 13.0 Å². The predicted molar refractivity (Wildman–Crippen MR) is 75.2 cm³/mol. The van der Waals surface area contributed by atoms with Gasteiger partial charge >= 0.3 is 5.97 Å². The lowest BCUT2D eigenvalue weighted by Crippen LogP contribution is -2.36. The van der Waals surface area contributed by atoms with Crippen LogP contribution in [0.4, 0.5) is 10.3 Å². The molecule has 2 atom stereocenters. The summed E-state index contributed by atoms with van der Waals surface area (Å²) < 4.78 is 14.9. The molecule has 108 valence electrons. The Balaban J connectivity index is 2.37. The number of hydrogen-bond donors (Lipinski definition) is 2. The average molecular weight is 279 g/mol. The Morgan fingerprint density at radius 2 is 2.25 bits per heavy atom. The van der Waals surface area contributed by atoms with Gasteiger partial charge in [0.25, 0.3) is 0 Å². The number of hydrogen-bond acceptors (Lipinski definition) is 3. The Morgan fingerprint density at radius 3 is 2.85 bits per heavy atom. The Bertz CT molecular complexity index is 639. The molecule has 1 aromatic heterocycles. The molecule has 2 rings (SSSR count). The first-order valence-corrected chi connectivity index (χ1v) is 6.55. The van der Waals surface area contributed by atoms with E-state index in [1.165, 1.54) is 12.1 Å². The third-order valence-corrected chi connectivity index (χ3v) is 3.61. The summed E-state index contributed by atoms with van der Waals surface area (Å²) in [6.45, 7) is 3.81. The van der Waals surface area contributed by atoms with Gasteiger partial charge in [0, 0.05) is 7.05 Å². The molecule has 0 spiro atoms. The molecule has 0 aliphatic rings. The highest BCUT2D eigenvalue weighted by Gasteiger charge is 2.25. The van der Waals surface area contributed by atoms with Crippen molar-refractivity contribution < 1.29 is 14.3 Å². The number of anilines is 1. The van der Waals surface area contributed by atoms with E-state index in [0.29, 0.717) is 17.0 Å². The monoisotopic (exact) mass is 279 g/mol. The summed E-state index contributed by atoms with van der Waals surface area (Å²) in [7, 11) is 1.73. The van der Waals surface area contributed by atoms with Crippen molar-refractivity contribution in [1.82, 2.24) is 9.55 Å². The molecule has 0 aliphatic heterocycles. The van der Waals surface area contributed by atoms with Crippen LogP contribution in [0.2, 0.25) is 0 Å². The van der Waals surface area contributed by atoms with E-state index in [1.807, 2.05) is 13.8 Å². The van der Waals surface area contributed by atoms with E-state index in [2.05, 4.69) is 10.3 Å². The number of carboxylic acid groups (broad SMARTS) is 1. The lowest BCUT2D eigenvalue weighted by atomic mass is 9.99. The third kappa shape index (κ3) is 2.59. The summed E-state index contributed by atoms with van der Waals surface area (Å²) >= 11 is 0. The largest absolute Gasteiger partial charge is 0.480 e. The maximum absolute atomic E-state index is 13.2. The van der Waals surface area contributed by atoms with E-state index in [0.717, 1.165) is 6.42 Å². The number of halogens is 1. The number of fused-ring (bicyclic) bond motifs is 1. The molecular formula is C14H18FN3O2. The van der Waals surface area contributed by atoms with Gasteiger partial charge in [-0.3, -0.25) is 0 Å². The van der Waals surface area contributed by atoms with E-state index in [-0.39, 0.29) is 11.7 Å². The van der Waals surface area contributed by atoms with Gasteiger partial charge in [-0.05, 0) is 24.1 Å². The molecule has 5 nitrogen and oxygen atoms in total. The van der Waals surface area contributed by atoms with Crippen LogP contribution in [0.1, 0.15) is 20.3 Å². The molecule has 2 aromatic rings. The van der Waals surface area contributed by atoms with Crippen LogP contribution in [-0.4, -0.2) is 26.7 Å². The number of aliphatic carboxylic acids is 1. The number of carboxylic acids is 1. The second kappa shape index (κ2) is 5.48. The normalized spacial score (nSPS) is 14.2. The Labute approximate surface area is 116 Å². The van der Waals surface area contributed by atoms with Crippen molar-refractivity contribution in [1.29, 1.82) is 0 Å². The summed E-state index contributed by atoms with van der Waals surface area (Å²) in [6.07, 6.45) is 0.739. The zero-order valence-corrected chi connectivity index (χ0v) is 11.7. The molecule has 20 heavy (non-hydrogen) atoms. The number of aromatic nitrogens is 2. The highest BCUT2D eigenvalue weighted by molar-refractivity contribution is 5.81. The zero-order valence-electron chi connectivity index (χ0n) is 11.7. The number of nitrogens with one attached hydrogen (secondary N) is 1. The van der Waals surface area contributed by atoms with Gasteiger partial charge in [0.1, 0.15) is 11.9 Å². The van der Waals surface area contributed by atoms with Gasteiger partial charge in [-0.25, -0.2) is 14.2 Å². The fourth-order valence-electron chi connectivity index (χ4n) is 2.11. The molecule has 0 aliphatic carbocycles. The van der Waals surface area contributed by atoms with Crippen molar-refractivity contribution in [2.75, 3.05) is 5.32 Å². The van der Waals surface area contributed by atoms with Crippen LogP contribution in [0.25, 0.3) is 11.0 Å². The number of nitrogens with zero attached hydrogens (tertiary/aromatic N) is 2. The fraction of sp³-hybridized carbons (Fsp3) is 0.429. The van der Waals surface area contributed by atoms with Gasteiger partial charge in [-0.2, -0.15) is 0 Å². The number of benzene rings is 1. The second-order valence-electron chi connectivity index (χ2n) is 4.97. The molecule has 2 N–H and O–H groups in total. The van der Waals surface area contributed by atoms with Crippen LogP contribution >= 0.6 is 0 Å². The van der Waals surface area contributed by atoms with Crippen LogP contribution in [0.3, 0.4) is 0 Å². The lowest BCUT2D eigenvalue weighted by Gasteiger charge is -2.20. The first kappa shape index (κ1) is 14.3. The van der Waals surface area contributed by atoms with E-state index < -0.39 is 12.0 Å². The summed E-state index contributed by atoms with van der Waals surface area (Å²) in [5.41, 5.74) is 1.26. The summed E-state index contributed by atoms with van der Waals surface area (Å²) in [6, 6.07) is 3.57. The third-order valence-electron chi connectivity index (χ3n) is 3.61. The zero-order chi connectivity index (χ0) is 14.9. The molecule has 1 heterocycles.